The highest BCUT2D eigenvalue weighted by Gasteiger charge is 2.50. The number of anilines is 1. The van der Waals surface area contributed by atoms with E-state index in [0.717, 1.165) is 19.3 Å². The maximum atomic E-state index is 2.50. The summed E-state index contributed by atoms with van der Waals surface area (Å²) in [5, 5.41) is 2.86. The van der Waals surface area contributed by atoms with E-state index >= 15 is 0 Å². The number of hydrogen-bond acceptors (Lipinski definition) is 1. The van der Waals surface area contributed by atoms with Crippen molar-refractivity contribution < 1.29 is 9.13 Å². The van der Waals surface area contributed by atoms with Crippen molar-refractivity contribution in [3.05, 3.63) is 113 Å². The summed E-state index contributed by atoms with van der Waals surface area (Å²) in [5.41, 5.74) is 14.6. The molecule has 0 atom stereocenters. The van der Waals surface area contributed by atoms with E-state index in [1.165, 1.54) is 85.3 Å². The van der Waals surface area contributed by atoms with Crippen molar-refractivity contribution in [1.29, 1.82) is 0 Å². The molecule has 3 nitrogen and oxygen atoms in total. The van der Waals surface area contributed by atoms with Crippen molar-refractivity contribution in [3.63, 3.8) is 0 Å². The highest BCUT2D eigenvalue weighted by atomic mass is 15.1. The Morgan fingerprint density at radius 2 is 1.57 bits per heavy atom. The number of aryl methyl sites for hydroxylation is 2. The van der Waals surface area contributed by atoms with Crippen molar-refractivity contribution in [3.8, 4) is 22.5 Å². The smallest absolute Gasteiger partial charge is 0.262 e. The van der Waals surface area contributed by atoms with Crippen molar-refractivity contribution in [2.45, 2.75) is 84.5 Å². The predicted octanol–water partition coefficient (Wildman–Crippen LogP) is 9.63. The lowest BCUT2D eigenvalue weighted by Crippen LogP contribution is -2.46. The van der Waals surface area contributed by atoms with Gasteiger partial charge in [-0.15, -0.1) is 0 Å². The van der Waals surface area contributed by atoms with Crippen LogP contribution >= 0.6 is 0 Å². The summed E-state index contributed by atoms with van der Waals surface area (Å²) in [6.45, 7) is 14.2. The van der Waals surface area contributed by atoms with Crippen LogP contribution in [0.15, 0.2) is 85.2 Å². The van der Waals surface area contributed by atoms with Gasteiger partial charge in [-0.3, -0.25) is 0 Å². The molecular formula is C43H49N3+2. The van der Waals surface area contributed by atoms with Crippen LogP contribution in [0.4, 0.5) is 5.69 Å². The van der Waals surface area contributed by atoms with Gasteiger partial charge in [-0.1, -0.05) is 77.4 Å². The van der Waals surface area contributed by atoms with E-state index in [-0.39, 0.29) is 10.8 Å². The first-order valence-electron chi connectivity index (χ1n) is 17.3. The Morgan fingerprint density at radius 3 is 2.30 bits per heavy atom. The monoisotopic (exact) mass is 607 g/mol. The van der Waals surface area contributed by atoms with E-state index in [1.54, 1.807) is 0 Å². The zero-order valence-corrected chi connectivity index (χ0v) is 29.0. The van der Waals surface area contributed by atoms with Crippen molar-refractivity contribution in [1.82, 2.24) is 0 Å². The second kappa shape index (κ2) is 11.2. The van der Waals surface area contributed by atoms with Crippen LogP contribution in [0.3, 0.4) is 0 Å². The number of aromatic nitrogens is 2. The van der Waals surface area contributed by atoms with Crippen LogP contribution in [0.1, 0.15) is 88.1 Å². The molecule has 3 aromatic carbocycles. The van der Waals surface area contributed by atoms with Gasteiger partial charge in [0.15, 0.2) is 12.4 Å². The number of pyridine rings is 2. The lowest BCUT2D eigenvalue weighted by Gasteiger charge is -2.37. The van der Waals surface area contributed by atoms with Crippen LogP contribution in [-0.2, 0) is 17.3 Å². The largest absolute Gasteiger partial charge is 0.378 e. The number of nitrogens with zero attached hydrogens (tertiary/aromatic N) is 3. The molecule has 5 aromatic rings. The quantitative estimate of drug-likeness (QED) is 0.160. The number of benzene rings is 3. The molecule has 2 aromatic heterocycles. The zero-order chi connectivity index (χ0) is 32.4. The van der Waals surface area contributed by atoms with Gasteiger partial charge in [0, 0.05) is 43.4 Å². The molecule has 0 saturated heterocycles. The molecule has 234 valence electrons. The van der Waals surface area contributed by atoms with Crippen LogP contribution in [0.25, 0.3) is 45.2 Å². The Morgan fingerprint density at radius 1 is 0.783 bits per heavy atom. The van der Waals surface area contributed by atoms with Gasteiger partial charge in [0.2, 0.25) is 17.6 Å². The maximum absolute atomic E-state index is 2.50. The molecule has 46 heavy (non-hydrogen) atoms. The number of rotatable bonds is 8. The Balaban J connectivity index is 1.61. The third-order valence-corrected chi connectivity index (χ3v) is 11.3. The number of hydrogen-bond donors (Lipinski definition) is 0. The summed E-state index contributed by atoms with van der Waals surface area (Å²) in [4.78, 5) is 2.20. The van der Waals surface area contributed by atoms with E-state index in [2.05, 4.69) is 161 Å². The fourth-order valence-corrected chi connectivity index (χ4v) is 8.52. The van der Waals surface area contributed by atoms with E-state index in [4.69, 9.17) is 0 Å². The first kappa shape index (κ1) is 30.4. The fraction of sp³-hybridized carbons (Fsp3) is 0.349. The maximum Gasteiger partial charge on any atom is 0.262 e. The van der Waals surface area contributed by atoms with Crippen LogP contribution in [0.2, 0.25) is 0 Å². The molecule has 2 aliphatic rings. The van der Waals surface area contributed by atoms with Crippen LogP contribution in [0, 0.1) is 6.92 Å². The molecule has 1 aliphatic heterocycles. The van der Waals surface area contributed by atoms with Crippen LogP contribution < -0.4 is 14.0 Å². The molecule has 0 N–H and O–H groups in total. The highest BCUT2D eigenvalue weighted by Crippen LogP contribution is 2.54. The summed E-state index contributed by atoms with van der Waals surface area (Å²) < 4.78 is 4.97. The lowest BCUT2D eigenvalue weighted by atomic mass is 9.64. The second-order valence-electron chi connectivity index (χ2n) is 14.2. The van der Waals surface area contributed by atoms with Gasteiger partial charge in [-0.25, -0.2) is 0 Å². The average Bonchev–Trinajstić information content (AvgIpc) is 3.19. The van der Waals surface area contributed by atoms with Crippen LogP contribution in [-0.4, -0.2) is 14.1 Å². The number of unbranched alkanes of at least 4 members (excludes halogenated alkanes) is 1. The molecular weight excluding hydrogens is 558 g/mol. The van der Waals surface area contributed by atoms with E-state index < -0.39 is 0 Å². The standard InChI is InChI=1S/C43H49N3/c1-9-12-16-30-21-23-35-39-32(30)24-26-45-28-38(46-25-14-13-19-37(46)33-27-31(44(7)8)22-20-29(33)4)43(10-2,11-3)36-18-15-17-34(42(35,5)6)40(36)41(39)45/h13-15,17-28H,9-12,16H2,1-8H3/q+2. The third kappa shape index (κ3) is 4.31. The Labute approximate surface area is 275 Å². The van der Waals surface area contributed by atoms with Crippen molar-refractivity contribution in [2.75, 3.05) is 19.0 Å². The number of allylic oxidation sites excluding steroid dienone is 1. The van der Waals surface area contributed by atoms with E-state index in [9.17, 15) is 0 Å². The first-order valence-corrected chi connectivity index (χ1v) is 17.3. The molecule has 0 saturated carbocycles. The highest BCUT2D eigenvalue weighted by molar-refractivity contribution is 6.03. The van der Waals surface area contributed by atoms with Crippen molar-refractivity contribution >= 4 is 28.4 Å². The fourth-order valence-electron chi connectivity index (χ4n) is 8.52. The molecule has 0 bridgehead atoms. The van der Waals surface area contributed by atoms with Crippen molar-refractivity contribution in [2.24, 2.45) is 0 Å². The molecule has 0 spiro atoms. The van der Waals surface area contributed by atoms with Crippen LogP contribution in [0.5, 0.6) is 0 Å². The average molecular weight is 608 g/mol. The summed E-state index contributed by atoms with van der Waals surface area (Å²) in [5.74, 6) is 0. The SMILES string of the molecule is CCCCc1ccc2c3c4[n+](ccc13)C=C([n+]1ccccc1-c1cc(N(C)C)ccc1C)C(CC)(CC)c1cccc(c1-4)C2(C)C. The van der Waals surface area contributed by atoms with Gasteiger partial charge < -0.3 is 4.90 Å². The summed E-state index contributed by atoms with van der Waals surface area (Å²) >= 11 is 0. The zero-order valence-electron chi connectivity index (χ0n) is 29.0. The van der Waals surface area contributed by atoms with Gasteiger partial charge in [0.25, 0.3) is 5.70 Å². The lowest BCUT2D eigenvalue weighted by molar-refractivity contribution is -0.594. The minimum Gasteiger partial charge on any atom is -0.378 e. The summed E-state index contributed by atoms with van der Waals surface area (Å²) in [6, 6.07) is 27.9. The third-order valence-electron chi connectivity index (χ3n) is 11.3. The van der Waals surface area contributed by atoms with Gasteiger partial charge in [-0.2, -0.15) is 9.13 Å². The van der Waals surface area contributed by atoms with E-state index in [0.29, 0.717) is 0 Å². The van der Waals surface area contributed by atoms with Gasteiger partial charge in [-0.05, 0) is 84.0 Å². The molecule has 7 rings (SSSR count). The predicted molar refractivity (Wildman–Crippen MR) is 194 cm³/mol. The molecule has 1 aliphatic carbocycles. The molecule has 0 amide bonds. The molecule has 3 heterocycles. The summed E-state index contributed by atoms with van der Waals surface area (Å²) in [6.07, 6.45) is 12.7. The Bertz CT molecular complexity index is 2020. The Kier molecular flexibility index (Phi) is 7.42. The first-order chi connectivity index (χ1) is 22.2. The molecule has 0 radical (unpaired) electrons. The minimum atomic E-state index is -0.190. The summed E-state index contributed by atoms with van der Waals surface area (Å²) in [7, 11) is 4.25. The Hall–Kier alpha value is -4.24. The molecule has 0 fully saturated rings. The minimum absolute atomic E-state index is 0.106. The molecule has 0 unspecified atom stereocenters. The molecule has 3 heteroatoms. The van der Waals surface area contributed by atoms with Gasteiger partial charge in [0.05, 0.1) is 21.9 Å². The van der Waals surface area contributed by atoms with Gasteiger partial charge >= 0.3 is 0 Å². The topological polar surface area (TPSA) is 11.0 Å². The second-order valence-corrected chi connectivity index (χ2v) is 14.2. The normalized spacial score (nSPS) is 15.4. The van der Waals surface area contributed by atoms with E-state index in [1.807, 2.05) is 0 Å². The van der Waals surface area contributed by atoms with Gasteiger partial charge in [0.1, 0.15) is 0 Å².